The van der Waals surface area contributed by atoms with Crippen LogP contribution in [-0.4, -0.2) is 71.3 Å². The number of amides is 2. The van der Waals surface area contributed by atoms with Gasteiger partial charge in [-0.25, -0.2) is 0 Å². The number of aliphatic hydroxyl groups excluding tert-OH is 1. The third-order valence-corrected chi connectivity index (χ3v) is 5.60. The van der Waals surface area contributed by atoms with Crippen molar-refractivity contribution in [1.82, 2.24) is 10.2 Å². The second kappa shape index (κ2) is 7.15. The molecule has 2 amide bonds. The third kappa shape index (κ3) is 2.79. The largest absolute Gasteiger partial charge is 0.466 e. The van der Waals surface area contributed by atoms with E-state index in [1.165, 1.54) is 4.90 Å². The first kappa shape index (κ1) is 19.1. The summed E-state index contributed by atoms with van der Waals surface area (Å²) < 4.78 is 11.4. The summed E-state index contributed by atoms with van der Waals surface area (Å²) in [5.74, 6) is -2.29. The molecule has 3 saturated heterocycles. The van der Waals surface area contributed by atoms with E-state index in [9.17, 15) is 19.5 Å². The van der Waals surface area contributed by atoms with E-state index in [2.05, 4.69) is 5.32 Å². The van der Waals surface area contributed by atoms with Gasteiger partial charge in [-0.3, -0.25) is 14.4 Å². The topological polar surface area (TPSA) is 105 Å². The molecule has 2 bridgehead atoms. The summed E-state index contributed by atoms with van der Waals surface area (Å²) in [5, 5.41) is 12.1. The predicted molar refractivity (Wildman–Crippen MR) is 90.9 cm³/mol. The molecule has 0 aromatic carbocycles. The summed E-state index contributed by atoms with van der Waals surface area (Å²) in [6, 6.07) is -0.856. The van der Waals surface area contributed by atoms with Crippen LogP contribution in [0.4, 0.5) is 0 Å². The van der Waals surface area contributed by atoms with Crippen LogP contribution in [0.3, 0.4) is 0 Å². The molecule has 0 aliphatic carbocycles. The highest BCUT2D eigenvalue weighted by atomic mass is 16.6. The number of ether oxygens (including phenoxy) is 2. The summed E-state index contributed by atoms with van der Waals surface area (Å²) in [6.07, 6.45) is 1.19. The lowest BCUT2D eigenvalue weighted by Gasteiger charge is -2.33. The van der Waals surface area contributed by atoms with E-state index in [-0.39, 0.29) is 43.7 Å². The summed E-state index contributed by atoms with van der Waals surface area (Å²) in [4.78, 5) is 40.1. The SMILES string of the molecule is CCOC(=O)[C@@H]1[C@H]2C(=O)N(CCCO)[C@H](C(=O)NC(C)C)[C@]23CC[C@H]1O3. The molecule has 0 radical (unpaired) electrons. The van der Waals surface area contributed by atoms with Crippen LogP contribution in [0, 0.1) is 11.8 Å². The molecular formula is C18H28N2O6. The Morgan fingerprint density at radius 3 is 2.81 bits per heavy atom. The Morgan fingerprint density at radius 1 is 1.46 bits per heavy atom. The summed E-state index contributed by atoms with van der Waals surface area (Å²) in [6.45, 7) is 5.86. The molecule has 3 rings (SSSR count). The normalized spacial score (nSPS) is 35.1. The number of nitrogens with zero attached hydrogens (tertiary/aromatic N) is 1. The standard InChI is InChI=1S/C18H28N2O6/c1-4-25-17(24)12-11-6-7-18(26-11)13(12)16(23)20(8-5-9-21)14(18)15(22)19-10(2)3/h10-14,21H,4-9H2,1-3H3,(H,19,22)/t11-,12+,13+,14-,18+/m1/s1. The van der Waals surface area contributed by atoms with Gasteiger partial charge >= 0.3 is 5.97 Å². The van der Waals surface area contributed by atoms with Crippen molar-refractivity contribution in [2.24, 2.45) is 11.8 Å². The maximum absolute atomic E-state index is 13.2. The van der Waals surface area contributed by atoms with E-state index in [1.54, 1.807) is 6.92 Å². The summed E-state index contributed by atoms with van der Waals surface area (Å²) >= 11 is 0. The number of carbonyl (C=O) groups excluding carboxylic acids is 3. The average Bonchev–Trinajstić information content (AvgIpc) is 3.20. The quantitative estimate of drug-likeness (QED) is 0.605. The van der Waals surface area contributed by atoms with Crippen molar-refractivity contribution < 1.29 is 29.0 Å². The monoisotopic (exact) mass is 368 g/mol. The van der Waals surface area contributed by atoms with Gasteiger partial charge in [-0.2, -0.15) is 0 Å². The Hall–Kier alpha value is -1.67. The van der Waals surface area contributed by atoms with Crippen LogP contribution in [0.1, 0.15) is 40.0 Å². The maximum Gasteiger partial charge on any atom is 0.312 e. The first-order valence-corrected chi connectivity index (χ1v) is 9.43. The molecule has 8 heteroatoms. The molecule has 0 saturated carbocycles. The Kier molecular flexibility index (Phi) is 5.25. The van der Waals surface area contributed by atoms with Gasteiger partial charge in [0.1, 0.15) is 11.6 Å². The number of rotatable bonds is 7. The zero-order valence-corrected chi connectivity index (χ0v) is 15.6. The molecule has 8 nitrogen and oxygen atoms in total. The minimum atomic E-state index is -0.979. The molecular weight excluding hydrogens is 340 g/mol. The Morgan fingerprint density at radius 2 is 2.19 bits per heavy atom. The van der Waals surface area contributed by atoms with Crippen LogP contribution in [0.2, 0.25) is 0 Å². The first-order valence-electron chi connectivity index (χ1n) is 9.43. The number of hydrogen-bond donors (Lipinski definition) is 2. The minimum absolute atomic E-state index is 0.0767. The van der Waals surface area contributed by atoms with Crippen LogP contribution in [0.25, 0.3) is 0 Å². The average molecular weight is 368 g/mol. The minimum Gasteiger partial charge on any atom is -0.466 e. The molecule has 3 heterocycles. The Balaban J connectivity index is 1.96. The molecule has 5 atom stereocenters. The molecule has 26 heavy (non-hydrogen) atoms. The van der Waals surface area contributed by atoms with Crippen molar-refractivity contribution in [3.8, 4) is 0 Å². The lowest BCUT2D eigenvalue weighted by atomic mass is 9.70. The highest BCUT2D eigenvalue weighted by Gasteiger charge is 2.74. The third-order valence-electron chi connectivity index (χ3n) is 5.60. The fourth-order valence-electron chi connectivity index (χ4n) is 4.80. The molecule has 0 aromatic heterocycles. The fraction of sp³-hybridized carbons (Fsp3) is 0.833. The number of esters is 1. The highest BCUT2D eigenvalue weighted by Crippen LogP contribution is 2.58. The van der Waals surface area contributed by atoms with Gasteiger partial charge in [0.25, 0.3) is 0 Å². The van der Waals surface area contributed by atoms with Crippen molar-refractivity contribution in [2.75, 3.05) is 19.8 Å². The van der Waals surface area contributed by atoms with Gasteiger partial charge < -0.3 is 24.8 Å². The van der Waals surface area contributed by atoms with Crippen LogP contribution in [-0.2, 0) is 23.9 Å². The van der Waals surface area contributed by atoms with Crippen LogP contribution in [0.15, 0.2) is 0 Å². The summed E-state index contributed by atoms with van der Waals surface area (Å²) in [5.41, 5.74) is -0.979. The lowest BCUT2D eigenvalue weighted by Crippen LogP contribution is -2.56. The number of fused-ring (bicyclic) bond motifs is 1. The van der Waals surface area contributed by atoms with Gasteiger partial charge in [-0.15, -0.1) is 0 Å². The van der Waals surface area contributed by atoms with Crippen LogP contribution >= 0.6 is 0 Å². The van der Waals surface area contributed by atoms with E-state index in [0.29, 0.717) is 19.3 Å². The van der Waals surface area contributed by atoms with Gasteiger partial charge in [-0.05, 0) is 40.0 Å². The molecule has 146 valence electrons. The smallest absolute Gasteiger partial charge is 0.312 e. The second-order valence-electron chi connectivity index (χ2n) is 7.58. The maximum atomic E-state index is 13.2. The summed E-state index contributed by atoms with van der Waals surface area (Å²) in [7, 11) is 0. The van der Waals surface area contributed by atoms with Crippen LogP contribution < -0.4 is 5.32 Å². The zero-order valence-electron chi connectivity index (χ0n) is 15.6. The molecule has 0 unspecified atom stereocenters. The van der Waals surface area contributed by atoms with Gasteiger partial charge in [0.2, 0.25) is 11.8 Å². The second-order valence-corrected chi connectivity index (χ2v) is 7.58. The van der Waals surface area contributed by atoms with Crippen molar-refractivity contribution >= 4 is 17.8 Å². The van der Waals surface area contributed by atoms with Crippen molar-refractivity contribution in [1.29, 1.82) is 0 Å². The Bertz CT molecular complexity index is 594. The highest BCUT2D eigenvalue weighted by molar-refractivity contribution is 5.98. The molecule has 3 aliphatic rings. The zero-order chi connectivity index (χ0) is 19.1. The number of aliphatic hydroxyl groups is 1. The fourth-order valence-corrected chi connectivity index (χ4v) is 4.80. The van der Waals surface area contributed by atoms with Gasteiger partial charge in [0, 0.05) is 19.2 Å². The van der Waals surface area contributed by atoms with Crippen molar-refractivity contribution in [3.63, 3.8) is 0 Å². The first-order chi connectivity index (χ1) is 12.4. The molecule has 2 N–H and O–H groups in total. The molecule has 1 spiro atoms. The van der Waals surface area contributed by atoms with Gasteiger partial charge in [0.05, 0.1) is 24.5 Å². The van der Waals surface area contributed by atoms with Gasteiger partial charge in [-0.1, -0.05) is 0 Å². The molecule has 3 aliphatic heterocycles. The van der Waals surface area contributed by atoms with E-state index in [1.807, 2.05) is 13.8 Å². The Labute approximate surface area is 153 Å². The van der Waals surface area contributed by atoms with E-state index in [0.717, 1.165) is 0 Å². The van der Waals surface area contributed by atoms with Crippen LogP contribution in [0.5, 0.6) is 0 Å². The molecule has 0 aromatic rings. The van der Waals surface area contributed by atoms with Crippen molar-refractivity contribution in [3.05, 3.63) is 0 Å². The number of carbonyl (C=O) groups is 3. The van der Waals surface area contributed by atoms with E-state index >= 15 is 0 Å². The van der Waals surface area contributed by atoms with Gasteiger partial charge in [0.15, 0.2) is 0 Å². The number of hydrogen-bond acceptors (Lipinski definition) is 6. The van der Waals surface area contributed by atoms with Crippen molar-refractivity contribution in [2.45, 2.75) is 63.8 Å². The number of nitrogens with one attached hydrogen (secondary N) is 1. The predicted octanol–water partition coefficient (Wildman–Crippen LogP) is -0.169. The lowest BCUT2D eigenvalue weighted by molar-refractivity contribution is -0.154. The number of likely N-dealkylation sites (tertiary alicyclic amines) is 1. The molecule has 3 fully saturated rings. The van der Waals surface area contributed by atoms with E-state index in [4.69, 9.17) is 9.47 Å². The van der Waals surface area contributed by atoms with E-state index < -0.39 is 29.4 Å².